The topological polar surface area (TPSA) is 73.9 Å². The van der Waals surface area contributed by atoms with E-state index < -0.39 is 9.84 Å². The van der Waals surface area contributed by atoms with Crippen LogP contribution in [0.5, 0.6) is 0 Å². The molecule has 0 aromatic heterocycles. The second-order valence-corrected chi connectivity index (χ2v) is 6.58. The normalized spacial score (nSPS) is 16.7. The zero-order chi connectivity index (χ0) is 13.3. The van der Waals surface area contributed by atoms with Crippen LogP contribution in [-0.2, 0) is 24.0 Å². The van der Waals surface area contributed by atoms with Crippen molar-refractivity contribution in [1.82, 2.24) is 5.32 Å². The van der Waals surface area contributed by atoms with Crippen LogP contribution >= 0.6 is 0 Å². The van der Waals surface area contributed by atoms with E-state index in [0.29, 0.717) is 26.4 Å². The first-order valence-corrected chi connectivity index (χ1v) is 8.02. The number of methoxy groups -OCH3 is 1. The molecule has 18 heavy (non-hydrogen) atoms. The summed E-state index contributed by atoms with van der Waals surface area (Å²) in [7, 11) is -1.36. The summed E-state index contributed by atoms with van der Waals surface area (Å²) >= 11 is 0. The maximum atomic E-state index is 11.7. The molecule has 1 heterocycles. The maximum Gasteiger partial charge on any atom is 0.152 e. The van der Waals surface area contributed by atoms with Crippen molar-refractivity contribution < 1.29 is 22.6 Å². The Labute approximate surface area is 109 Å². The Balaban J connectivity index is 1.92. The van der Waals surface area contributed by atoms with Crippen molar-refractivity contribution in [2.45, 2.75) is 0 Å². The Kier molecular flexibility index (Phi) is 7.76. The van der Waals surface area contributed by atoms with Crippen LogP contribution in [0.15, 0.2) is 0 Å². The predicted molar refractivity (Wildman–Crippen MR) is 68.5 cm³/mol. The zero-order valence-electron chi connectivity index (χ0n) is 10.9. The van der Waals surface area contributed by atoms with Crippen LogP contribution in [0.4, 0.5) is 0 Å². The Morgan fingerprint density at radius 2 is 1.67 bits per heavy atom. The molecule has 0 amide bonds. The van der Waals surface area contributed by atoms with Crippen LogP contribution in [0, 0.1) is 5.92 Å². The van der Waals surface area contributed by atoms with Gasteiger partial charge < -0.3 is 19.5 Å². The fourth-order valence-electron chi connectivity index (χ4n) is 1.56. The quantitative estimate of drug-likeness (QED) is 0.505. The number of ether oxygens (including phenoxy) is 3. The van der Waals surface area contributed by atoms with E-state index in [1.54, 1.807) is 7.11 Å². The molecule has 7 heteroatoms. The minimum atomic E-state index is -2.97. The second-order valence-electron chi connectivity index (χ2n) is 4.36. The summed E-state index contributed by atoms with van der Waals surface area (Å²) in [5.41, 5.74) is 0. The van der Waals surface area contributed by atoms with Gasteiger partial charge in [-0.25, -0.2) is 8.42 Å². The van der Waals surface area contributed by atoms with Crippen LogP contribution in [0.1, 0.15) is 0 Å². The van der Waals surface area contributed by atoms with Crippen molar-refractivity contribution >= 4 is 9.84 Å². The third-order valence-corrected chi connectivity index (χ3v) is 4.47. The molecule has 6 nitrogen and oxygen atoms in total. The molecule has 108 valence electrons. The molecule has 0 radical (unpaired) electrons. The molecule has 1 fully saturated rings. The van der Waals surface area contributed by atoms with Crippen LogP contribution < -0.4 is 5.32 Å². The summed E-state index contributed by atoms with van der Waals surface area (Å²) in [5, 5.41) is 3.06. The maximum absolute atomic E-state index is 11.7. The summed E-state index contributed by atoms with van der Waals surface area (Å²) in [5.74, 6) is 0.655. The van der Waals surface area contributed by atoms with Crippen LogP contribution in [-0.4, -0.2) is 73.2 Å². The lowest BCUT2D eigenvalue weighted by atomic mass is 10.1. The summed E-state index contributed by atoms with van der Waals surface area (Å²) in [6, 6.07) is 0. The third-order valence-electron chi connectivity index (χ3n) is 2.70. The molecule has 1 aliphatic rings. The van der Waals surface area contributed by atoms with Gasteiger partial charge in [-0.05, 0) is 5.92 Å². The first-order valence-electron chi connectivity index (χ1n) is 6.19. The molecular weight excluding hydrogens is 258 g/mol. The summed E-state index contributed by atoms with van der Waals surface area (Å²) < 4.78 is 38.5. The van der Waals surface area contributed by atoms with E-state index in [0.717, 1.165) is 13.1 Å². The van der Waals surface area contributed by atoms with Crippen LogP contribution in [0.3, 0.4) is 0 Å². The molecule has 0 aromatic rings. The fraction of sp³-hybridized carbons (Fsp3) is 1.00. The van der Waals surface area contributed by atoms with Crippen molar-refractivity contribution in [3.63, 3.8) is 0 Å². The van der Waals surface area contributed by atoms with E-state index in [1.165, 1.54) is 0 Å². The van der Waals surface area contributed by atoms with Gasteiger partial charge in [0.15, 0.2) is 9.84 Å². The third kappa shape index (κ3) is 7.27. The van der Waals surface area contributed by atoms with Gasteiger partial charge in [-0.15, -0.1) is 0 Å². The van der Waals surface area contributed by atoms with Crippen molar-refractivity contribution in [3.8, 4) is 0 Å². The predicted octanol–water partition coefficient (Wildman–Crippen LogP) is -0.700. The Morgan fingerprint density at radius 1 is 1.06 bits per heavy atom. The highest BCUT2D eigenvalue weighted by atomic mass is 32.2. The second kappa shape index (κ2) is 8.82. The van der Waals surface area contributed by atoms with E-state index in [-0.39, 0.29) is 24.0 Å². The molecule has 0 bridgehead atoms. The van der Waals surface area contributed by atoms with Gasteiger partial charge in [0.05, 0.1) is 44.5 Å². The van der Waals surface area contributed by atoms with Crippen molar-refractivity contribution in [3.05, 3.63) is 0 Å². The van der Waals surface area contributed by atoms with Crippen molar-refractivity contribution in [1.29, 1.82) is 0 Å². The first kappa shape index (κ1) is 15.8. The fourth-order valence-corrected chi connectivity index (χ4v) is 3.05. The van der Waals surface area contributed by atoms with Gasteiger partial charge >= 0.3 is 0 Å². The Bertz CT molecular complexity index is 303. The van der Waals surface area contributed by atoms with Gasteiger partial charge in [-0.2, -0.15) is 0 Å². The average molecular weight is 281 g/mol. The Hall–Kier alpha value is -0.210. The number of sulfone groups is 1. The zero-order valence-corrected chi connectivity index (χ0v) is 11.7. The lowest BCUT2D eigenvalue weighted by Crippen LogP contribution is -2.46. The SMILES string of the molecule is COCCOCCOCCS(=O)(=O)CC1CNC1. The molecule has 0 spiro atoms. The first-order chi connectivity index (χ1) is 8.64. The van der Waals surface area contributed by atoms with Gasteiger partial charge in [0.2, 0.25) is 0 Å². The van der Waals surface area contributed by atoms with Gasteiger partial charge in [0, 0.05) is 20.2 Å². The van der Waals surface area contributed by atoms with Gasteiger partial charge in [-0.3, -0.25) is 0 Å². The minimum absolute atomic E-state index is 0.0988. The standard InChI is InChI=1S/C11H23NO5S/c1-15-2-3-16-4-5-17-6-7-18(13,14)10-11-8-12-9-11/h11-12H,2-10H2,1H3. The highest BCUT2D eigenvalue weighted by Gasteiger charge is 2.23. The minimum Gasteiger partial charge on any atom is -0.382 e. The monoisotopic (exact) mass is 281 g/mol. The van der Waals surface area contributed by atoms with Gasteiger partial charge in [-0.1, -0.05) is 0 Å². The van der Waals surface area contributed by atoms with Crippen molar-refractivity contribution in [2.24, 2.45) is 5.92 Å². The highest BCUT2D eigenvalue weighted by Crippen LogP contribution is 2.07. The number of hydrogen-bond donors (Lipinski definition) is 1. The molecule has 0 atom stereocenters. The average Bonchev–Trinajstić information content (AvgIpc) is 2.28. The van der Waals surface area contributed by atoms with Gasteiger partial charge in [0.25, 0.3) is 0 Å². The molecular formula is C11H23NO5S. The summed E-state index contributed by atoms with van der Waals surface area (Å²) in [6.07, 6.45) is 0. The van der Waals surface area contributed by atoms with E-state index in [4.69, 9.17) is 14.2 Å². The van der Waals surface area contributed by atoms with Crippen LogP contribution in [0.2, 0.25) is 0 Å². The molecule has 1 aliphatic heterocycles. The van der Waals surface area contributed by atoms with Crippen molar-refractivity contribution in [2.75, 3.05) is 64.7 Å². The molecule has 1 N–H and O–H groups in total. The lowest BCUT2D eigenvalue weighted by Gasteiger charge is -2.26. The highest BCUT2D eigenvalue weighted by molar-refractivity contribution is 7.91. The summed E-state index contributed by atoms with van der Waals surface area (Å²) in [4.78, 5) is 0. The smallest absolute Gasteiger partial charge is 0.152 e. The molecule has 0 aliphatic carbocycles. The summed E-state index contributed by atoms with van der Waals surface area (Å²) in [6.45, 7) is 3.85. The van der Waals surface area contributed by atoms with Gasteiger partial charge in [0.1, 0.15) is 0 Å². The molecule has 0 unspecified atom stereocenters. The Morgan fingerprint density at radius 3 is 2.22 bits per heavy atom. The van der Waals surface area contributed by atoms with E-state index in [2.05, 4.69) is 5.32 Å². The molecule has 1 saturated heterocycles. The molecule has 0 saturated carbocycles. The van der Waals surface area contributed by atoms with Crippen LogP contribution in [0.25, 0.3) is 0 Å². The number of nitrogens with one attached hydrogen (secondary N) is 1. The van der Waals surface area contributed by atoms with E-state index in [1.807, 2.05) is 0 Å². The number of rotatable bonds is 11. The molecule has 0 aromatic carbocycles. The number of hydrogen-bond acceptors (Lipinski definition) is 6. The van der Waals surface area contributed by atoms with E-state index >= 15 is 0 Å². The van der Waals surface area contributed by atoms with E-state index in [9.17, 15) is 8.42 Å². The largest absolute Gasteiger partial charge is 0.382 e. The lowest BCUT2D eigenvalue weighted by molar-refractivity contribution is 0.0284. The molecule has 1 rings (SSSR count).